The quantitative estimate of drug-likeness (QED) is 0.731. The molecule has 2 aromatic heterocycles. The van der Waals surface area contributed by atoms with E-state index in [1.54, 1.807) is 23.0 Å². The number of fused-ring (bicyclic) bond motifs is 1. The van der Waals surface area contributed by atoms with E-state index < -0.39 is 0 Å². The van der Waals surface area contributed by atoms with E-state index >= 15 is 0 Å². The second kappa shape index (κ2) is 4.47. The molecule has 2 N–H and O–H groups in total. The molecule has 19 heavy (non-hydrogen) atoms. The van der Waals surface area contributed by atoms with Crippen molar-refractivity contribution in [3.05, 3.63) is 47.3 Å². The zero-order chi connectivity index (χ0) is 13.4. The van der Waals surface area contributed by atoms with Crippen LogP contribution in [0.4, 0.5) is 10.2 Å². The summed E-state index contributed by atoms with van der Waals surface area (Å²) in [7, 11) is 0. The van der Waals surface area contributed by atoms with Crippen LogP contribution in [0.25, 0.3) is 11.2 Å². The third-order valence-electron chi connectivity index (χ3n) is 2.82. The number of nitrogen functional groups attached to an aromatic ring is 1. The number of imidazole rings is 1. The third kappa shape index (κ3) is 2.00. The summed E-state index contributed by atoms with van der Waals surface area (Å²) in [6.45, 7) is 0.235. The average Bonchev–Trinajstić information content (AvgIpc) is 2.79. The van der Waals surface area contributed by atoms with Crippen molar-refractivity contribution in [1.82, 2.24) is 19.5 Å². The van der Waals surface area contributed by atoms with E-state index in [0.717, 1.165) is 0 Å². The fraction of sp³-hybridized carbons (Fsp3) is 0.0833. The first-order chi connectivity index (χ1) is 9.16. The smallest absolute Gasteiger partial charge is 0.165 e. The van der Waals surface area contributed by atoms with Crippen molar-refractivity contribution < 1.29 is 4.39 Å². The molecule has 0 aliphatic rings. The molecule has 1 aromatic carbocycles. The molecule has 0 aliphatic carbocycles. The number of anilines is 1. The Hall–Kier alpha value is -2.21. The van der Waals surface area contributed by atoms with Crippen LogP contribution in [-0.4, -0.2) is 19.5 Å². The maximum atomic E-state index is 13.7. The molecule has 0 spiro atoms. The molecule has 0 aliphatic heterocycles. The molecule has 96 valence electrons. The predicted molar refractivity (Wildman–Crippen MR) is 70.2 cm³/mol. The van der Waals surface area contributed by atoms with E-state index in [1.165, 1.54) is 12.4 Å². The van der Waals surface area contributed by atoms with Gasteiger partial charge in [-0.1, -0.05) is 17.7 Å². The zero-order valence-electron chi connectivity index (χ0n) is 9.72. The van der Waals surface area contributed by atoms with Crippen LogP contribution in [0.3, 0.4) is 0 Å². The van der Waals surface area contributed by atoms with Gasteiger partial charge in [0.15, 0.2) is 11.5 Å². The highest BCUT2D eigenvalue weighted by Gasteiger charge is 2.12. The number of aromatic nitrogens is 4. The van der Waals surface area contributed by atoms with E-state index in [1.807, 2.05) is 0 Å². The summed E-state index contributed by atoms with van der Waals surface area (Å²) in [5.74, 6) is -0.0697. The van der Waals surface area contributed by atoms with Gasteiger partial charge in [0.25, 0.3) is 0 Å². The molecule has 2 heterocycles. The molecule has 0 saturated carbocycles. The van der Waals surface area contributed by atoms with E-state index in [4.69, 9.17) is 17.3 Å². The number of hydrogen-bond acceptors (Lipinski definition) is 4. The summed E-state index contributed by atoms with van der Waals surface area (Å²) >= 11 is 6.00. The molecule has 3 rings (SSSR count). The first-order valence-electron chi connectivity index (χ1n) is 5.51. The predicted octanol–water partition coefficient (Wildman–Crippen LogP) is 2.25. The minimum atomic E-state index is -0.364. The Morgan fingerprint density at radius 3 is 2.89 bits per heavy atom. The Labute approximate surface area is 112 Å². The van der Waals surface area contributed by atoms with Crippen molar-refractivity contribution in [2.45, 2.75) is 6.54 Å². The van der Waals surface area contributed by atoms with Crippen LogP contribution in [-0.2, 0) is 6.54 Å². The molecule has 0 saturated heterocycles. The van der Waals surface area contributed by atoms with Crippen LogP contribution in [0.5, 0.6) is 0 Å². The molecule has 0 bridgehead atoms. The standard InChI is InChI=1S/C12H9ClFN5/c13-8-2-1-3-9(14)7(8)4-19-6-18-10-11(15)16-5-17-12(10)19/h1-3,5-6H,4H2,(H2,15,16,17)/i15+1,16+1,17+1. The summed E-state index contributed by atoms with van der Waals surface area (Å²) in [6.07, 6.45) is 2.89. The second-order valence-electron chi connectivity index (χ2n) is 4.00. The highest BCUT2D eigenvalue weighted by atomic mass is 35.5. The van der Waals surface area contributed by atoms with Crippen molar-refractivity contribution in [3.63, 3.8) is 0 Å². The maximum absolute atomic E-state index is 13.7. The summed E-state index contributed by atoms with van der Waals surface area (Å²) in [5.41, 5.74) is 7.13. The highest BCUT2D eigenvalue weighted by molar-refractivity contribution is 6.31. The van der Waals surface area contributed by atoms with Gasteiger partial charge in [0.05, 0.1) is 12.9 Å². The van der Waals surface area contributed by atoms with Gasteiger partial charge < -0.3 is 10.3 Å². The lowest BCUT2D eigenvalue weighted by Gasteiger charge is -2.07. The molecular formula is C12H9ClFN5. The first kappa shape index (κ1) is 11.9. The van der Waals surface area contributed by atoms with Gasteiger partial charge in [-0.05, 0) is 12.1 Å². The Balaban J connectivity index is 2.09. The highest BCUT2D eigenvalue weighted by Crippen LogP contribution is 2.22. The number of nitrogens with zero attached hydrogens (tertiary/aromatic N) is 4. The van der Waals surface area contributed by atoms with E-state index in [9.17, 15) is 4.39 Å². The fourth-order valence-electron chi connectivity index (χ4n) is 1.87. The van der Waals surface area contributed by atoms with Gasteiger partial charge >= 0.3 is 0 Å². The first-order valence-corrected chi connectivity index (χ1v) is 5.89. The number of hydrogen-bond donors (Lipinski definition) is 1. The molecule has 0 radical (unpaired) electrons. The van der Waals surface area contributed by atoms with Gasteiger partial charge in [-0.2, -0.15) is 0 Å². The van der Waals surface area contributed by atoms with Crippen molar-refractivity contribution in [2.75, 3.05) is 5.73 Å². The van der Waals surface area contributed by atoms with Crippen LogP contribution in [0.1, 0.15) is 5.56 Å². The number of halogens is 2. The Morgan fingerprint density at radius 1 is 1.26 bits per heavy atom. The minimum Gasteiger partial charge on any atom is -0.382 e. The molecule has 0 fully saturated rings. The van der Waals surface area contributed by atoms with Gasteiger partial charge in [0.2, 0.25) is 0 Å². The van der Waals surface area contributed by atoms with E-state index in [0.29, 0.717) is 27.6 Å². The van der Waals surface area contributed by atoms with Crippen molar-refractivity contribution in [2.24, 2.45) is 0 Å². The molecular weight excluding hydrogens is 272 g/mol. The molecule has 5 nitrogen and oxygen atoms in total. The van der Waals surface area contributed by atoms with Crippen LogP contribution in [0, 0.1) is 5.82 Å². The Bertz CT molecular complexity index is 735. The number of nitrogens with two attached hydrogens (primary N) is 1. The molecule has 3 aromatic rings. The lowest BCUT2D eigenvalue weighted by Crippen LogP contribution is -2.03. The summed E-state index contributed by atoms with van der Waals surface area (Å²) < 4.78 is 15.4. The van der Waals surface area contributed by atoms with Gasteiger partial charge in [0, 0.05) is 10.6 Å². The van der Waals surface area contributed by atoms with Crippen molar-refractivity contribution >= 4 is 28.6 Å². The third-order valence-corrected chi connectivity index (χ3v) is 3.17. The second-order valence-corrected chi connectivity index (χ2v) is 4.41. The average molecular weight is 281 g/mol. The molecule has 0 unspecified atom stereocenters. The van der Waals surface area contributed by atoms with Crippen LogP contribution >= 0.6 is 11.6 Å². The van der Waals surface area contributed by atoms with Crippen molar-refractivity contribution in [1.29, 1.82) is 0 Å². The van der Waals surface area contributed by atoms with Crippen LogP contribution < -0.4 is 5.73 Å². The largest absolute Gasteiger partial charge is 0.382 e. The monoisotopic (exact) mass is 280 g/mol. The van der Waals surface area contributed by atoms with E-state index in [-0.39, 0.29) is 12.4 Å². The SMILES string of the molecule is [15NH2]c1[15n]c[15n]c2c1ncn2Cc1c(F)cccc1Cl. The Kier molecular flexibility index (Phi) is 2.79. The molecule has 0 amide bonds. The van der Waals surface area contributed by atoms with Gasteiger partial charge in [-0.3, -0.25) is 0 Å². The van der Waals surface area contributed by atoms with Gasteiger partial charge in [-0.25, -0.2) is 19.3 Å². The van der Waals surface area contributed by atoms with Crippen LogP contribution in [0.15, 0.2) is 30.9 Å². The van der Waals surface area contributed by atoms with Gasteiger partial charge in [-0.15, -0.1) is 0 Å². The van der Waals surface area contributed by atoms with Gasteiger partial charge in [0.1, 0.15) is 17.7 Å². The number of benzene rings is 1. The summed E-state index contributed by atoms with van der Waals surface area (Å²) in [4.78, 5) is 12.1. The summed E-state index contributed by atoms with van der Waals surface area (Å²) in [5, 5.41) is 0.365. The van der Waals surface area contributed by atoms with Crippen molar-refractivity contribution in [3.8, 4) is 0 Å². The zero-order valence-corrected chi connectivity index (χ0v) is 10.5. The Morgan fingerprint density at radius 2 is 2.11 bits per heavy atom. The lowest BCUT2D eigenvalue weighted by atomic mass is 10.2. The maximum Gasteiger partial charge on any atom is 0.165 e. The summed E-state index contributed by atoms with van der Waals surface area (Å²) in [6, 6.07) is 4.57. The van der Waals surface area contributed by atoms with E-state index in [2.05, 4.69) is 15.0 Å². The fourth-order valence-corrected chi connectivity index (χ4v) is 2.09. The topological polar surface area (TPSA) is 69.6 Å². The molecule has 0 atom stereocenters. The normalized spacial score (nSPS) is 11.1. The van der Waals surface area contributed by atoms with Crippen LogP contribution in [0.2, 0.25) is 5.02 Å². The number of rotatable bonds is 2. The minimum absolute atomic E-state index is 0.235. The lowest BCUT2D eigenvalue weighted by molar-refractivity contribution is 0.601. The molecule has 7 heteroatoms.